The van der Waals surface area contributed by atoms with Crippen LogP contribution in [0.4, 0.5) is 14.5 Å². The van der Waals surface area contributed by atoms with Crippen LogP contribution in [-0.2, 0) is 11.0 Å². The summed E-state index contributed by atoms with van der Waals surface area (Å²) in [5, 5.41) is 7.17. The highest BCUT2D eigenvalue weighted by Gasteiger charge is 2.24. The molecule has 1 aliphatic heterocycles. The Morgan fingerprint density at radius 3 is 2.61 bits per heavy atom. The fraction of sp³-hybridized carbons (Fsp3) is 0.300. The van der Waals surface area contributed by atoms with Crippen LogP contribution in [0.5, 0.6) is 0 Å². The molecular weight excluding hydrogens is 448 g/mol. The van der Waals surface area contributed by atoms with E-state index in [0.29, 0.717) is 26.0 Å². The number of nitrogens with one attached hydrogen (secondary N) is 2. The number of hydrogen-bond donors (Lipinski definition) is 2. The first-order valence-corrected chi connectivity index (χ1v) is 11.0. The maximum atomic E-state index is 13.9. The lowest BCUT2D eigenvalue weighted by Gasteiger charge is -2.25. The van der Waals surface area contributed by atoms with Gasteiger partial charge in [-0.25, -0.2) is 13.0 Å². The molecule has 8 heteroatoms. The number of nitrogens with zero attached hydrogens (tertiary/aromatic N) is 1. The summed E-state index contributed by atoms with van der Waals surface area (Å²) in [4.78, 5) is 0.539. The van der Waals surface area contributed by atoms with E-state index in [2.05, 4.69) is 26.6 Å². The number of aromatic nitrogens is 1. The highest BCUT2D eigenvalue weighted by atomic mass is 79.9. The van der Waals surface area contributed by atoms with E-state index in [-0.39, 0.29) is 11.6 Å². The van der Waals surface area contributed by atoms with Gasteiger partial charge in [-0.15, -0.1) is 0 Å². The Labute approximate surface area is 173 Å². The second-order valence-electron chi connectivity index (χ2n) is 6.76. The molecule has 148 valence electrons. The fourth-order valence-corrected chi connectivity index (χ4v) is 5.47. The van der Waals surface area contributed by atoms with Crippen LogP contribution < -0.4 is 10.6 Å². The number of hydrogen-bond acceptors (Lipinski definition) is 3. The number of alkyl halides is 2. The number of benzene rings is 2. The predicted octanol–water partition coefficient (Wildman–Crippen LogP) is 5.08. The molecule has 0 aliphatic carbocycles. The molecule has 0 radical (unpaired) electrons. The van der Waals surface area contributed by atoms with E-state index in [4.69, 9.17) is 0 Å². The molecule has 4 rings (SSSR count). The van der Waals surface area contributed by atoms with Crippen molar-refractivity contribution in [3.63, 3.8) is 0 Å². The first-order valence-electron chi connectivity index (χ1n) is 9.12. The van der Waals surface area contributed by atoms with Gasteiger partial charge in [-0.1, -0.05) is 18.2 Å². The van der Waals surface area contributed by atoms with E-state index in [1.807, 2.05) is 18.2 Å². The Morgan fingerprint density at radius 2 is 1.89 bits per heavy atom. The lowest BCUT2D eigenvalue weighted by Crippen LogP contribution is -2.35. The van der Waals surface area contributed by atoms with Crippen LogP contribution in [0.25, 0.3) is 10.9 Å². The number of halogens is 3. The third kappa shape index (κ3) is 3.73. The van der Waals surface area contributed by atoms with Gasteiger partial charge in [0.2, 0.25) is 0 Å². The molecule has 0 amide bonds. The zero-order valence-corrected chi connectivity index (χ0v) is 17.4. The minimum absolute atomic E-state index is 0.104. The Morgan fingerprint density at radius 1 is 1.14 bits per heavy atom. The first-order chi connectivity index (χ1) is 13.6. The van der Waals surface area contributed by atoms with Gasteiger partial charge in [-0.3, -0.25) is 3.97 Å². The molecule has 1 aliphatic rings. The summed E-state index contributed by atoms with van der Waals surface area (Å²) in [7, 11) is -1.64. The molecule has 1 atom stereocenters. The van der Waals surface area contributed by atoms with Crippen molar-refractivity contribution < 1.29 is 13.0 Å². The Kier molecular flexibility index (Phi) is 5.80. The van der Waals surface area contributed by atoms with Gasteiger partial charge in [0.15, 0.2) is 11.0 Å². The maximum absolute atomic E-state index is 13.9. The average molecular weight is 468 g/mol. The standard InChI is InChI=1S/C20H20BrF2N3OS/c21-15-4-1-2-7-18(15)28(27)26-12-14(20(22)23)19-16(5-3-6-17(19)26)25-13-8-10-24-11-9-13/h1-7,12-13,20,24-25H,8-11H2. The largest absolute Gasteiger partial charge is 0.382 e. The summed E-state index contributed by atoms with van der Waals surface area (Å²) in [5.41, 5.74) is 1.10. The third-order valence-corrected chi connectivity index (χ3v) is 7.31. The monoisotopic (exact) mass is 467 g/mol. The molecule has 1 aromatic heterocycles. The minimum atomic E-state index is -2.66. The molecule has 2 heterocycles. The summed E-state index contributed by atoms with van der Waals surface area (Å²) in [6.07, 6.45) is 0.530. The number of piperidine rings is 1. The van der Waals surface area contributed by atoms with Crippen LogP contribution >= 0.6 is 15.9 Å². The van der Waals surface area contributed by atoms with Gasteiger partial charge in [-0.05, 0) is 66.1 Å². The third-order valence-electron chi connectivity index (χ3n) is 4.96. The van der Waals surface area contributed by atoms with Crippen LogP contribution in [0, 0.1) is 0 Å². The smallest absolute Gasteiger partial charge is 0.266 e. The average Bonchev–Trinajstić information content (AvgIpc) is 3.10. The van der Waals surface area contributed by atoms with Gasteiger partial charge >= 0.3 is 0 Å². The maximum Gasteiger partial charge on any atom is 0.266 e. The van der Waals surface area contributed by atoms with Gasteiger partial charge in [0.25, 0.3) is 6.43 Å². The first kappa shape index (κ1) is 19.5. The minimum Gasteiger partial charge on any atom is -0.382 e. The van der Waals surface area contributed by atoms with E-state index in [0.717, 1.165) is 25.9 Å². The van der Waals surface area contributed by atoms with Crippen molar-refractivity contribution in [3.8, 4) is 0 Å². The second kappa shape index (κ2) is 8.31. The normalized spacial score (nSPS) is 16.6. The van der Waals surface area contributed by atoms with E-state index < -0.39 is 17.4 Å². The number of rotatable bonds is 5. The lowest BCUT2D eigenvalue weighted by atomic mass is 10.0. The summed E-state index contributed by atoms with van der Waals surface area (Å²) in [5.74, 6) is 0. The van der Waals surface area contributed by atoms with Crippen molar-refractivity contribution in [2.45, 2.75) is 30.2 Å². The summed E-state index contributed by atoms with van der Waals surface area (Å²) < 4.78 is 43.0. The molecule has 2 N–H and O–H groups in total. The molecule has 2 aromatic carbocycles. The molecule has 0 bridgehead atoms. The number of anilines is 1. The molecule has 0 spiro atoms. The SMILES string of the molecule is O=S(c1ccccc1Br)n1cc(C(F)F)c2c(NC3CCNCC3)cccc21. The van der Waals surface area contributed by atoms with E-state index in [1.165, 1.54) is 10.2 Å². The van der Waals surface area contributed by atoms with Gasteiger partial charge in [-0.2, -0.15) is 0 Å². The van der Waals surface area contributed by atoms with Crippen molar-refractivity contribution >= 4 is 43.5 Å². The van der Waals surface area contributed by atoms with Gasteiger partial charge in [0, 0.05) is 33.3 Å². The van der Waals surface area contributed by atoms with E-state index >= 15 is 0 Å². The van der Waals surface area contributed by atoms with Gasteiger partial charge in [0.1, 0.15) is 0 Å². The number of fused-ring (bicyclic) bond motifs is 1. The Hall–Kier alpha value is -1.77. The van der Waals surface area contributed by atoms with Crippen LogP contribution in [0.1, 0.15) is 24.8 Å². The van der Waals surface area contributed by atoms with Crippen molar-refractivity contribution in [2.75, 3.05) is 18.4 Å². The van der Waals surface area contributed by atoms with Crippen LogP contribution in [0.15, 0.2) is 58.0 Å². The Balaban J connectivity index is 1.81. The Bertz CT molecular complexity index is 1020. The molecular formula is C20H20BrF2N3OS. The van der Waals surface area contributed by atoms with Gasteiger partial charge < -0.3 is 10.6 Å². The summed E-state index contributed by atoms with van der Waals surface area (Å²) >= 11 is 3.40. The molecule has 1 saturated heterocycles. The topological polar surface area (TPSA) is 46.1 Å². The van der Waals surface area contributed by atoms with Crippen LogP contribution in [-0.4, -0.2) is 27.3 Å². The lowest BCUT2D eigenvalue weighted by molar-refractivity contribution is 0.153. The van der Waals surface area contributed by atoms with Gasteiger partial charge in [0.05, 0.1) is 10.4 Å². The molecule has 3 aromatic rings. The highest BCUT2D eigenvalue weighted by Crippen LogP contribution is 2.37. The predicted molar refractivity (Wildman–Crippen MR) is 112 cm³/mol. The quantitative estimate of drug-likeness (QED) is 0.550. The molecule has 4 nitrogen and oxygen atoms in total. The summed E-state index contributed by atoms with van der Waals surface area (Å²) in [6, 6.07) is 12.7. The van der Waals surface area contributed by atoms with Crippen molar-refractivity contribution in [3.05, 3.63) is 58.7 Å². The van der Waals surface area contributed by atoms with Crippen molar-refractivity contribution in [1.82, 2.24) is 9.29 Å². The molecule has 28 heavy (non-hydrogen) atoms. The second-order valence-corrected chi connectivity index (χ2v) is 8.94. The zero-order chi connectivity index (χ0) is 19.7. The summed E-state index contributed by atoms with van der Waals surface area (Å²) in [6.45, 7) is 1.81. The van der Waals surface area contributed by atoms with E-state index in [9.17, 15) is 13.0 Å². The fourth-order valence-electron chi connectivity index (χ4n) is 3.59. The van der Waals surface area contributed by atoms with Crippen LogP contribution in [0.3, 0.4) is 0 Å². The van der Waals surface area contributed by atoms with Crippen molar-refractivity contribution in [2.24, 2.45) is 0 Å². The molecule has 1 fully saturated rings. The van der Waals surface area contributed by atoms with Crippen LogP contribution in [0.2, 0.25) is 0 Å². The molecule has 0 saturated carbocycles. The van der Waals surface area contributed by atoms with E-state index in [1.54, 1.807) is 24.3 Å². The zero-order valence-electron chi connectivity index (χ0n) is 15.0. The van der Waals surface area contributed by atoms with Crippen molar-refractivity contribution in [1.29, 1.82) is 0 Å². The molecule has 1 unspecified atom stereocenters. The highest BCUT2D eigenvalue weighted by molar-refractivity contribution is 9.10.